The molecule has 14 N–H and O–H groups in total. The number of ether oxygens (including phenoxy) is 2. The molecule has 7 aliphatic rings. The number of halogens is 1. The third-order valence-electron chi connectivity index (χ3n) is 27.2. The van der Waals surface area contributed by atoms with Crippen molar-refractivity contribution in [3.8, 4) is 46.2 Å². The van der Waals surface area contributed by atoms with Crippen molar-refractivity contribution in [3.05, 3.63) is 258 Å². The van der Waals surface area contributed by atoms with Gasteiger partial charge in [0.05, 0.1) is 71.9 Å². The van der Waals surface area contributed by atoms with Crippen LogP contribution in [0.25, 0.3) is 22.3 Å². The molecule has 1 fully saturated rings. The number of hydrogen-bond donors (Lipinski definition) is 9. The lowest BCUT2D eigenvalue weighted by Crippen LogP contribution is -2.62. The van der Waals surface area contributed by atoms with E-state index in [1.165, 1.54) is 31.1 Å². The number of nitriles is 3. The molecule has 1 spiro atoms. The van der Waals surface area contributed by atoms with Crippen molar-refractivity contribution in [1.29, 1.82) is 15.8 Å². The van der Waals surface area contributed by atoms with Gasteiger partial charge in [0.15, 0.2) is 35.3 Å². The number of aryl methyl sites for hydroxylation is 1. The Balaban J connectivity index is 0.000000154. The number of methoxy groups -OCH3 is 2. The maximum atomic E-state index is 13.7. The number of fused-ring (bicyclic) bond motifs is 2. The SMILES string of the molecule is CCC(C)NCC[C@@H]1C(=O)NC(N)=N[C@]1(C)c1cc(-c2cccc(C#N)c2)cs1.CCC(C)NCC[C@H]1C(=O)NC(N)=N[C@]1(C)c1cc(-c2cccc(C#N)c2)cs1.CCCC[C@]1([C@@H]2CCCN(S(=O)(=O)c3ccc(Cl)cc3)C2)N=C(N)N(C)C1=O.COCCN1C(=O)C(c2ccccc2)(c2ccccc2)N=C1N.COc1ccc2c(c1)CC[C@@]21C(=O)N(C)C(N)=N[C@]1(C)c1cccc(C#N)c1. The van der Waals surface area contributed by atoms with Crippen LogP contribution >= 0.6 is 34.3 Å². The van der Waals surface area contributed by atoms with Crippen LogP contribution in [0.15, 0.2) is 229 Å². The van der Waals surface area contributed by atoms with Crippen LogP contribution in [0, 0.1) is 51.7 Å². The molecule has 0 bridgehead atoms. The lowest BCUT2D eigenvalue weighted by Gasteiger charge is -2.48. The Labute approximate surface area is 815 Å². The fourth-order valence-corrected chi connectivity index (χ4v) is 22.7. The van der Waals surface area contributed by atoms with Crippen molar-refractivity contribution < 1.29 is 41.9 Å². The zero-order chi connectivity index (χ0) is 99.0. The van der Waals surface area contributed by atoms with E-state index in [4.69, 9.17) is 65.3 Å². The number of hydrogen-bond acceptors (Lipinski definition) is 26. The van der Waals surface area contributed by atoms with Gasteiger partial charge in [0.25, 0.3) is 11.8 Å². The number of nitrogens with zero attached hydrogens (tertiary/aromatic N) is 12. The lowest BCUT2D eigenvalue weighted by molar-refractivity contribution is -0.137. The predicted molar refractivity (Wildman–Crippen MR) is 539 cm³/mol. The number of aliphatic imine (C=N–C) groups is 5. The van der Waals surface area contributed by atoms with Crippen LogP contribution in [-0.2, 0) is 72.7 Å². The molecule has 5 amide bonds. The summed E-state index contributed by atoms with van der Waals surface area (Å²) in [6.45, 7) is 19.4. The van der Waals surface area contributed by atoms with Crippen molar-refractivity contribution in [2.24, 2.45) is 71.4 Å². The summed E-state index contributed by atoms with van der Waals surface area (Å²) in [5.74, 6) is 0.323. The third-order valence-corrected chi connectivity index (χ3v) is 31.6. The van der Waals surface area contributed by atoms with Crippen LogP contribution in [0.5, 0.6) is 5.75 Å². The number of nitrogens with one attached hydrogen (secondary N) is 4. The highest BCUT2D eigenvalue weighted by atomic mass is 35.5. The first-order valence-electron chi connectivity index (χ1n) is 46.0. The van der Waals surface area contributed by atoms with Gasteiger partial charge in [0.2, 0.25) is 27.7 Å². The molecule has 2 aromatic heterocycles. The van der Waals surface area contributed by atoms with Gasteiger partial charge in [-0.2, -0.15) is 20.1 Å². The number of guanidine groups is 5. The minimum Gasteiger partial charge on any atom is -0.497 e. The van der Waals surface area contributed by atoms with Gasteiger partial charge < -0.3 is 48.8 Å². The van der Waals surface area contributed by atoms with Crippen LogP contribution in [0.2, 0.25) is 5.02 Å². The normalized spacial score (nSPS) is 23.0. The van der Waals surface area contributed by atoms with Crippen LogP contribution < -0.4 is 54.7 Å². The van der Waals surface area contributed by atoms with Gasteiger partial charge in [-0.05, 0) is 251 Å². The second-order valence-electron chi connectivity index (χ2n) is 35.7. The Morgan fingerprint density at radius 2 is 1.09 bits per heavy atom. The second-order valence-corrected chi connectivity index (χ2v) is 39.9. The summed E-state index contributed by atoms with van der Waals surface area (Å²) in [6.07, 6.45) is 8.52. The van der Waals surface area contributed by atoms with E-state index >= 15 is 0 Å². The number of thiophene rings is 2. The molecule has 10 atom stereocenters. The number of carbonyl (C=O) groups excluding carboxylic acids is 5. The Bertz CT molecular complexity index is 6110. The van der Waals surface area contributed by atoms with E-state index < -0.39 is 43.1 Å². The van der Waals surface area contributed by atoms with E-state index in [2.05, 4.69) is 106 Å². The van der Waals surface area contributed by atoms with Crippen LogP contribution in [-0.4, -0.2) is 172 Å². The zero-order valence-corrected chi connectivity index (χ0v) is 82.7. The molecule has 718 valence electrons. The minimum atomic E-state index is -3.66. The molecule has 1 aliphatic carbocycles. The molecule has 34 heteroatoms. The van der Waals surface area contributed by atoms with Crippen molar-refractivity contribution in [2.45, 2.75) is 176 Å². The molecule has 6 aliphatic heterocycles. The summed E-state index contributed by atoms with van der Waals surface area (Å²) in [7, 11) is 2.85. The molecular weight excluding hydrogens is 1810 g/mol. The molecule has 2 unspecified atom stereocenters. The van der Waals surface area contributed by atoms with Gasteiger partial charge in [0.1, 0.15) is 33.3 Å². The number of unbranched alkanes of at least 4 members (excludes halogenated alkanes) is 1. The number of amides is 5. The average molecular weight is 1930 g/mol. The maximum absolute atomic E-state index is 13.7. The van der Waals surface area contributed by atoms with Crippen molar-refractivity contribution >= 4 is 104 Å². The number of carbonyl (C=O) groups is 5. The number of sulfonamides is 1. The van der Waals surface area contributed by atoms with E-state index in [1.54, 1.807) is 87.4 Å². The quantitative estimate of drug-likeness (QED) is 0.0231. The molecule has 16 rings (SSSR count). The monoisotopic (exact) mass is 1930 g/mol. The smallest absolute Gasteiger partial charge is 0.266 e. The highest BCUT2D eigenvalue weighted by Gasteiger charge is 2.63. The van der Waals surface area contributed by atoms with Gasteiger partial charge in [-0.1, -0.05) is 148 Å². The summed E-state index contributed by atoms with van der Waals surface area (Å²) in [4.78, 5) is 95.3. The number of rotatable bonds is 27. The topological polar surface area (TPSA) is 462 Å². The Morgan fingerprint density at radius 3 is 1.58 bits per heavy atom. The first kappa shape index (κ1) is 103. The molecule has 0 radical (unpaired) electrons. The summed E-state index contributed by atoms with van der Waals surface area (Å²) >= 11 is 9.03. The molecule has 9 aromatic rings. The zero-order valence-electron chi connectivity index (χ0n) is 79.5. The first-order valence-corrected chi connectivity index (χ1v) is 49.6. The van der Waals surface area contributed by atoms with Crippen LogP contribution in [0.1, 0.15) is 174 Å². The molecule has 1 saturated heterocycles. The second kappa shape index (κ2) is 44.4. The van der Waals surface area contributed by atoms with E-state index in [-0.39, 0.29) is 88.5 Å². The van der Waals surface area contributed by atoms with E-state index in [0.717, 1.165) is 117 Å². The molecule has 8 heterocycles. The van der Waals surface area contributed by atoms with Gasteiger partial charge in [-0.25, -0.2) is 33.4 Å². The fourth-order valence-electron chi connectivity index (χ4n) is 18.9. The first-order chi connectivity index (χ1) is 65.5. The molecule has 30 nitrogen and oxygen atoms in total. The third kappa shape index (κ3) is 21.6. The lowest BCUT2D eigenvalue weighted by atomic mass is 9.62. The molecule has 0 saturated carbocycles. The standard InChI is InChI=1S/2C22H27N5OS.C22H22N4O2.C19H27ClN4O3S.C18H19N3O2/c2*1-4-14(2)25-9-8-18-20(28)26-21(24)27-22(18,3)19-11-17(13-29-19)16-7-5-6-15(10-16)12-23;1-21(16-6-4-5-14(11-16)13-23)22(19(27)26(2)20(24)25-21)10-9-15-12-17(28-3)7-8-18(15)22;1-3-4-11-19(17(25)23(2)18(21)22-19)14-6-5-12-24(13-14)28(26,27)16-9-7-15(20)8-10-16;1-23-13-12-21-16(22)18(20-17(21)19,14-8-4-2-5-9-14)15-10-6-3-7-11-15/h2*5-7,10-11,13-14,18,25H,4,8-9H2,1-3H3,(H3,24,26,27,28);4-8,11-12H,9-10H2,1-3H3,(H2,24,25);7-10,14H,3-6,11-13H2,1-2H3,(H2,21,22);2-11H,12-13H2,1H3,(H2,19,20)/t14?,18-,22+;14?,18-,22-;21-,22+;14-,19-;/m1011./s1. The van der Waals surface area contributed by atoms with Crippen LogP contribution in [0.3, 0.4) is 0 Å². The summed E-state index contributed by atoms with van der Waals surface area (Å²) in [5.41, 5.74) is 34.9. The van der Waals surface area contributed by atoms with E-state index in [1.807, 2.05) is 159 Å². The molecule has 7 aromatic carbocycles. The maximum Gasteiger partial charge on any atom is 0.266 e. The number of benzene rings is 7. The van der Waals surface area contributed by atoms with Crippen LogP contribution in [0.4, 0.5) is 0 Å². The van der Waals surface area contributed by atoms with Gasteiger partial charge in [-0.3, -0.25) is 49.3 Å². The summed E-state index contributed by atoms with van der Waals surface area (Å²) < 4.78 is 38.1. The van der Waals surface area contributed by atoms with Gasteiger partial charge in [0, 0.05) is 67.1 Å². The molecular formula is C103H122ClN21O9S3. The number of likely N-dealkylation sites (N-methyl/N-ethyl adjacent to an activating group) is 2. The van der Waals surface area contributed by atoms with E-state index in [9.17, 15) is 37.7 Å². The van der Waals surface area contributed by atoms with Gasteiger partial charge in [-0.15, -0.1) is 22.7 Å². The average Bonchev–Trinajstić information content (AvgIpc) is 1.59. The highest BCUT2D eigenvalue weighted by molar-refractivity contribution is 7.89. The summed E-state index contributed by atoms with van der Waals surface area (Å²) in [5, 5.41) is 44.6. The fraction of sp³-hybridized carbons (Fsp3) is 0.388. The number of nitrogens with two attached hydrogens (primary N) is 5. The minimum absolute atomic E-state index is 0.0752. The largest absolute Gasteiger partial charge is 0.497 e. The molecule has 137 heavy (non-hydrogen) atoms. The van der Waals surface area contributed by atoms with Crippen molar-refractivity contribution in [2.75, 3.05) is 67.6 Å². The Kier molecular flexibility index (Phi) is 33.4. The van der Waals surface area contributed by atoms with Crippen molar-refractivity contribution in [1.82, 2.24) is 40.3 Å². The predicted octanol–water partition coefficient (Wildman–Crippen LogP) is 13.3. The number of piperidine rings is 1. The summed E-state index contributed by atoms with van der Waals surface area (Å²) in [6, 6.07) is 64.8. The Hall–Kier alpha value is -13.0. The van der Waals surface area contributed by atoms with E-state index in [0.29, 0.717) is 85.6 Å². The van der Waals surface area contributed by atoms with Crippen molar-refractivity contribution in [3.63, 3.8) is 0 Å². The van der Waals surface area contributed by atoms with Gasteiger partial charge >= 0.3 is 0 Å². The highest BCUT2D eigenvalue weighted by Crippen LogP contribution is 2.57. The Morgan fingerprint density at radius 1 is 0.584 bits per heavy atom.